The molecule has 1 aliphatic heterocycles. The van der Waals surface area contributed by atoms with Gasteiger partial charge in [-0.25, -0.2) is 8.78 Å². The van der Waals surface area contributed by atoms with E-state index in [4.69, 9.17) is 16.2 Å². The van der Waals surface area contributed by atoms with Crippen molar-refractivity contribution in [2.24, 2.45) is 5.73 Å². The molecule has 1 heterocycles. The van der Waals surface area contributed by atoms with Gasteiger partial charge in [0.1, 0.15) is 23.2 Å². The molecule has 2 rings (SSSR count). The number of nitrogens with zero attached hydrogens (tertiary/aromatic N) is 2. The van der Waals surface area contributed by atoms with E-state index in [0.717, 1.165) is 25.1 Å². The van der Waals surface area contributed by atoms with Crippen LogP contribution in [0, 0.1) is 17.0 Å². The molecule has 4 N–H and O–H groups in total. The average molecular weight is 298 g/mol. The van der Waals surface area contributed by atoms with Gasteiger partial charge in [-0.1, -0.05) is 0 Å². The zero-order chi connectivity index (χ0) is 15.4. The molecule has 1 saturated heterocycles. The van der Waals surface area contributed by atoms with Gasteiger partial charge in [-0.2, -0.15) is 0 Å². The number of hydrogen-bond donors (Lipinski definition) is 3. The number of halogens is 2. The van der Waals surface area contributed by atoms with Crippen LogP contribution in [0.2, 0.25) is 0 Å². The number of amidine groups is 1. The van der Waals surface area contributed by atoms with E-state index in [1.807, 2.05) is 0 Å². The Morgan fingerprint density at radius 2 is 1.86 bits per heavy atom. The summed E-state index contributed by atoms with van der Waals surface area (Å²) in [7, 11) is 0. The fourth-order valence-electron chi connectivity index (χ4n) is 2.58. The molecule has 0 saturated carbocycles. The molecular weight excluding hydrogens is 278 g/mol. The average Bonchev–Trinajstić information content (AvgIpc) is 2.64. The van der Waals surface area contributed by atoms with Gasteiger partial charge in [-0.3, -0.25) is 10.3 Å². The van der Waals surface area contributed by atoms with Crippen molar-refractivity contribution in [3.8, 4) is 0 Å². The molecule has 0 aromatic heterocycles. The van der Waals surface area contributed by atoms with E-state index in [2.05, 4.69) is 4.90 Å². The molecule has 1 fully saturated rings. The van der Waals surface area contributed by atoms with E-state index in [0.29, 0.717) is 26.2 Å². The first-order valence-corrected chi connectivity index (χ1v) is 6.94. The van der Waals surface area contributed by atoms with Crippen LogP contribution < -0.4 is 10.6 Å². The van der Waals surface area contributed by atoms with Crippen molar-refractivity contribution in [1.29, 1.82) is 5.41 Å². The Morgan fingerprint density at radius 1 is 1.19 bits per heavy atom. The number of anilines is 1. The van der Waals surface area contributed by atoms with E-state index >= 15 is 0 Å². The summed E-state index contributed by atoms with van der Waals surface area (Å²) in [5, 5.41) is 16.2. The Morgan fingerprint density at radius 3 is 2.43 bits per heavy atom. The molecule has 0 amide bonds. The van der Waals surface area contributed by atoms with Crippen molar-refractivity contribution in [2.45, 2.75) is 6.42 Å². The van der Waals surface area contributed by atoms with Crippen molar-refractivity contribution in [2.75, 3.05) is 44.2 Å². The molecular formula is C14H20F2N4O. The van der Waals surface area contributed by atoms with E-state index in [1.165, 1.54) is 0 Å². The second kappa shape index (κ2) is 6.82. The van der Waals surface area contributed by atoms with Crippen molar-refractivity contribution >= 4 is 11.5 Å². The van der Waals surface area contributed by atoms with Crippen LogP contribution in [0.4, 0.5) is 14.5 Å². The molecule has 1 aliphatic rings. The molecule has 1 aromatic carbocycles. The van der Waals surface area contributed by atoms with Gasteiger partial charge in [0, 0.05) is 31.7 Å². The standard InChI is InChI=1S/C14H20F2N4O/c15-11-8-10(14(17)18)9-12(16)13(11)20-3-1-2-19(4-5-20)6-7-21/h8-9,21H,1-7H2,(H3,17,18). The lowest BCUT2D eigenvalue weighted by Gasteiger charge is -2.24. The monoisotopic (exact) mass is 298 g/mol. The van der Waals surface area contributed by atoms with Gasteiger partial charge in [-0.15, -0.1) is 0 Å². The molecule has 116 valence electrons. The number of aliphatic hydroxyl groups is 1. The summed E-state index contributed by atoms with van der Waals surface area (Å²) in [6.45, 7) is 3.14. The van der Waals surface area contributed by atoms with E-state index in [1.54, 1.807) is 4.90 Å². The highest BCUT2D eigenvalue weighted by atomic mass is 19.1. The molecule has 0 unspecified atom stereocenters. The van der Waals surface area contributed by atoms with Crippen LogP contribution in [-0.4, -0.2) is 55.2 Å². The minimum Gasteiger partial charge on any atom is -0.395 e. The lowest BCUT2D eigenvalue weighted by atomic mass is 10.1. The summed E-state index contributed by atoms with van der Waals surface area (Å²) in [5.41, 5.74) is 5.25. The van der Waals surface area contributed by atoms with Crippen molar-refractivity contribution < 1.29 is 13.9 Å². The highest BCUT2D eigenvalue weighted by Crippen LogP contribution is 2.26. The van der Waals surface area contributed by atoms with Crippen LogP contribution in [0.25, 0.3) is 0 Å². The number of nitrogen functional groups attached to an aromatic ring is 1. The first kappa shape index (κ1) is 15.7. The summed E-state index contributed by atoms with van der Waals surface area (Å²) < 4.78 is 28.3. The minimum atomic E-state index is -0.698. The predicted octanol–water partition coefficient (Wildman–Crippen LogP) is 0.753. The molecule has 7 heteroatoms. The van der Waals surface area contributed by atoms with E-state index < -0.39 is 11.6 Å². The lowest BCUT2D eigenvalue weighted by Crippen LogP contribution is -2.33. The van der Waals surface area contributed by atoms with E-state index in [-0.39, 0.29) is 23.7 Å². The van der Waals surface area contributed by atoms with Gasteiger partial charge in [-0.05, 0) is 25.1 Å². The van der Waals surface area contributed by atoms with Crippen molar-refractivity contribution in [3.05, 3.63) is 29.3 Å². The van der Waals surface area contributed by atoms with Gasteiger partial charge < -0.3 is 15.7 Å². The van der Waals surface area contributed by atoms with Gasteiger partial charge in [0.25, 0.3) is 0 Å². The third kappa shape index (κ3) is 3.68. The first-order valence-electron chi connectivity index (χ1n) is 6.94. The summed E-state index contributed by atoms with van der Waals surface area (Å²) in [6.07, 6.45) is 0.771. The molecule has 0 spiro atoms. The maximum atomic E-state index is 14.1. The molecule has 0 bridgehead atoms. The maximum Gasteiger partial charge on any atom is 0.150 e. The molecule has 0 atom stereocenters. The van der Waals surface area contributed by atoms with Gasteiger partial charge in [0.2, 0.25) is 0 Å². The number of nitrogens with one attached hydrogen (secondary N) is 1. The van der Waals surface area contributed by atoms with Crippen molar-refractivity contribution in [3.63, 3.8) is 0 Å². The Labute approximate surface area is 122 Å². The van der Waals surface area contributed by atoms with Crippen LogP contribution in [0.1, 0.15) is 12.0 Å². The summed E-state index contributed by atoms with van der Waals surface area (Å²) in [6, 6.07) is 2.19. The second-order valence-electron chi connectivity index (χ2n) is 5.11. The number of nitrogens with two attached hydrogens (primary N) is 1. The largest absolute Gasteiger partial charge is 0.395 e. The lowest BCUT2D eigenvalue weighted by molar-refractivity contribution is 0.204. The number of benzene rings is 1. The zero-order valence-corrected chi connectivity index (χ0v) is 11.8. The highest BCUT2D eigenvalue weighted by molar-refractivity contribution is 5.95. The molecule has 1 aromatic rings. The topological polar surface area (TPSA) is 76.6 Å². The molecule has 5 nitrogen and oxygen atoms in total. The Hall–Kier alpha value is -1.73. The molecule has 21 heavy (non-hydrogen) atoms. The Kier molecular flexibility index (Phi) is 5.08. The highest BCUT2D eigenvalue weighted by Gasteiger charge is 2.21. The fourth-order valence-corrected chi connectivity index (χ4v) is 2.58. The third-order valence-corrected chi connectivity index (χ3v) is 3.65. The number of aliphatic hydroxyl groups excluding tert-OH is 1. The summed E-state index contributed by atoms with van der Waals surface area (Å²) in [5.74, 6) is -1.75. The third-order valence-electron chi connectivity index (χ3n) is 3.65. The number of hydrogen-bond acceptors (Lipinski definition) is 4. The molecule has 0 radical (unpaired) electrons. The minimum absolute atomic E-state index is 0.0467. The fraction of sp³-hybridized carbons (Fsp3) is 0.500. The summed E-state index contributed by atoms with van der Waals surface area (Å²) in [4.78, 5) is 3.74. The number of rotatable bonds is 4. The smallest absolute Gasteiger partial charge is 0.150 e. The molecule has 0 aliphatic carbocycles. The Balaban J connectivity index is 2.20. The van der Waals surface area contributed by atoms with Crippen LogP contribution in [0.5, 0.6) is 0 Å². The van der Waals surface area contributed by atoms with Crippen LogP contribution in [-0.2, 0) is 0 Å². The van der Waals surface area contributed by atoms with E-state index in [9.17, 15) is 8.78 Å². The van der Waals surface area contributed by atoms with Crippen LogP contribution in [0.3, 0.4) is 0 Å². The maximum absolute atomic E-state index is 14.1. The Bertz CT molecular complexity index is 501. The van der Waals surface area contributed by atoms with Gasteiger partial charge in [0.05, 0.1) is 6.61 Å². The quantitative estimate of drug-likeness (QED) is 0.566. The SMILES string of the molecule is N=C(N)c1cc(F)c(N2CCCN(CCO)CC2)c(F)c1. The van der Waals surface area contributed by atoms with Gasteiger partial charge >= 0.3 is 0 Å². The van der Waals surface area contributed by atoms with Gasteiger partial charge in [0.15, 0.2) is 0 Å². The summed E-state index contributed by atoms with van der Waals surface area (Å²) >= 11 is 0. The normalized spacial score (nSPS) is 16.8. The first-order chi connectivity index (χ1) is 10.0. The van der Waals surface area contributed by atoms with Crippen LogP contribution in [0.15, 0.2) is 12.1 Å². The second-order valence-corrected chi connectivity index (χ2v) is 5.11. The zero-order valence-electron chi connectivity index (χ0n) is 11.8. The van der Waals surface area contributed by atoms with Crippen LogP contribution >= 0.6 is 0 Å². The predicted molar refractivity (Wildman–Crippen MR) is 77.7 cm³/mol. The van der Waals surface area contributed by atoms with Crippen molar-refractivity contribution in [1.82, 2.24) is 4.90 Å². The number of β-amino-alcohol motifs (C(OH)–C–C–N with tert-alkyl or cyclic N) is 1.